The maximum atomic E-state index is 13.5. The fourth-order valence-corrected chi connectivity index (χ4v) is 1.64. The van der Waals surface area contributed by atoms with E-state index in [4.69, 9.17) is 5.11 Å². The van der Waals surface area contributed by atoms with Gasteiger partial charge in [0, 0.05) is 19.2 Å². The molecule has 1 N–H and O–H groups in total. The standard InChI is InChI=1S/C13H18FNO2/c1-4-15(8-9(2)3)13(17)11-6-5-10(16)7-12(11)14/h5-7,9,16H,4,8H2,1-3H3. The molecule has 3 nitrogen and oxygen atoms in total. The lowest BCUT2D eigenvalue weighted by Gasteiger charge is -2.23. The molecule has 0 aromatic heterocycles. The molecular weight excluding hydrogens is 221 g/mol. The Morgan fingerprint density at radius 2 is 2.12 bits per heavy atom. The molecule has 0 aliphatic rings. The van der Waals surface area contributed by atoms with E-state index in [1.807, 2.05) is 20.8 Å². The van der Waals surface area contributed by atoms with Crippen LogP contribution in [0.1, 0.15) is 31.1 Å². The van der Waals surface area contributed by atoms with Crippen molar-refractivity contribution >= 4 is 5.91 Å². The van der Waals surface area contributed by atoms with Crippen molar-refractivity contribution in [1.29, 1.82) is 0 Å². The summed E-state index contributed by atoms with van der Waals surface area (Å²) in [5.74, 6) is -0.860. The van der Waals surface area contributed by atoms with E-state index in [9.17, 15) is 9.18 Å². The third-order valence-corrected chi connectivity index (χ3v) is 2.44. The first kappa shape index (κ1) is 13.5. The van der Waals surface area contributed by atoms with Crippen molar-refractivity contribution in [3.8, 4) is 5.75 Å². The summed E-state index contributed by atoms with van der Waals surface area (Å²) in [4.78, 5) is 13.6. The van der Waals surface area contributed by atoms with Gasteiger partial charge in [0.15, 0.2) is 0 Å². The minimum Gasteiger partial charge on any atom is -0.508 e. The van der Waals surface area contributed by atoms with Gasteiger partial charge in [0.1, 0.15) is 11.6 Å². The fourth-order valence-electron chi connectivity index (χ4n) is 1.64. The number of rotatable bonds is 4. The van der Waals surface area contributed by atoms with E-state index in [1.165, 1.54) is 12.1 Å². The molecule has 4 heteroatoms. The Kier molecular flexibility index (Phi) is 4.49. The Balaban J connectivity index is 2.93. The normalized spacial score (nSPS) is 10.6. The lowest BCUT2D eigenvalue weighted by Crippen LogP contribution is -2.34. The summed E-state index contributed by atoms with van der Waals surface area (Å²) in [6.07, 6.45) is 0. The molecule has 0 saturated heterocycles. The van der Waals surface area contributed by atoms with Crippen molar-refractivity contribution in [3.05, 3.63) is 29.6 Å². The lowest BCUT2D eigenvalue weighted by molar-refractivity contribution is 0.0741. The van der Waals surface area contributed by atoms with Crippen LogP contribution in [0.4, 0.5) is 4.39 Å². The number of nitrogens with zero attached hydrogens (tertiary/aromatic N) is 1. The molecule has 94 valence electrons. The van der Waals surface area contributed by atoms with E-state index < -0.39 is 5.82 Å². The van der Waals surface area contributed by atoms with Crippen LogP contribution >= 0.6 is 0 Å². The van der Waals surface area contributed by atoms with Crippen LogP contribution < -0.4 is 0 Å². The number of hydrogen-bond acceptors (Lipinski definition) is 2. The molecule has 0 unspecified atom stereocenters. The van der Waals surface area contributed by atoms with Crippen molar-refractivity contribution in [2.24, 2.45) is 5.92 Å². The van der Waals surface area contributed by atoms with Gasteiger partial charge in [0.25, 0.3) is 5.91 Å². The molecule has 1 rings (SSSR count). The number of carbonyl (C=O) groups excluding carboxylic acids is 1. The van der Waals surface area contributed by atoms with Crippen LogP contribution in [-0.2, 0) is 0 Å². The van der Waals surface area contributed by atoms with Gasteiger partial charge in [-0.1, -0.05) is 13.8 Å². The van der Waals surface area contributed by atoms with Gasteiger partial charge < -0.3 is 10.0 Å². The van der Waals surface area contributed by atoms with Crippen molar-refractivity contribution < 1.29 is 14.3 Å². The van der Waals surface area contributed by atoms with Crippen LogP contribution in [0.3, 0.4) is 0 Å². The first-order valence-corrected chi connectivity index (χ1v) is 5.73. The molecule has 0 aliphatic heterocycles. The SMILES string of the molecule is CCN(CC(C)C)C(=O)c1ccc(O)cc1F. The van der Waals surface area contributed by atoms with Gasteiger partial charge in [-0.3, -0.25) is 4.79 Å². The van der Waals surface area contributed by atoms with E-state index >= 15 is 0 Å². The van der Waals surface area contributed by atoms with Crippen LogP contribution in [0, 0.1) is 11.7 Å². The van der Waals surface area contributed by atoms with E-state index in [2.05, 4.69) is 0 Å². The number of phenolic OH excluding ortho intramolecular Hbond substituents is 1. The highest BCUT2D eigenvalue weighted by Crippen LogP contribution is 2.17. The average Bonchev–Trinajstić information content (AvgIpc) is 2.24. The molecule has 1 amide bonds. The maximum Gasteiger partial charge on any atom is 0.256 e. The Morgan fingerprint density at radius 1 is 1.47 bits per heavy atom. The predicted molar refractivity (Wildman–Crippen MR) is 64.5 cm³/mol. The molecular formula is C13H18FNO2. The zero-order chi connectivity index (χ0) is 13.0. The molecule has 0 bridgehead atoms. The monoisotopic (exact) mass is 239 g/mol. The number of amides is 1. The van der Waals surface area contributed by atoms with Crippen LogP contribution in [0.2, 0.25) is 0 Å². The van der Waals surface area contributed by atoms with Gasteiger partial charge in [-0.2, -0.15) is 0 Å². The zero-order valence-electron chi connectivity index (χ0n) is 10.4. The van der Waals surface area contributed by atoms with Gasteiger partial charge in [-0.05, 0) is 25.0 Å². The third-order valence-electron chi connectivity index (χ3n) is 2.44. The largest absolute Gasteiger partial charge is 0.508 e. The second-order valence-corrected chi connectivity index (χ2v) is 4.40. The van der Waals surface area contributed by atoms with Gasteiger partial charge in [0.2, 0.25) is 0 Å². The molecule has 0 saturated carbocycles. The summed E-state index contributed by atoms with van der Waals surface area (Å²) in [6.45, 7) is 7.00. The average molecular weight is 239 g/mol. The lowest BCUT2D eigenvalue weighted by atomic mass is 10.1. The van der Waals surface area contributed by atoms with Crippen molar-refractivity contribution in [1.82, 2.24) is 4.90 Å². The van der Waals surface area contributed by atoms with Crippen LogP contribution in [0.5, 0.6) is 5.75 Å². The highest BCUT2D eigenvalue weighted by Gasteiger charge is 2.18. The predicted octanol–water partition coefficient (Wildman–Crippen LogP) is 2.65. The number of carbonyl (C=O) groups is 1. The minimum absolute atomic E-state index is 0.00491. The zero-order valence-corrected chi connectivity index (χ0v) is 10.4. The van der Waals surface area contributed by atoms with Gasteiger partial charge in [-0.15, -0.1) is 0 Å². The van der Waals surface area contributed by atoms with E-state index in [0.717, 1.165) is 6.07 Å². The van der Waals surface area contributed by atoms with E-state index in [1.54, 1.807) is 4.90 Å². The van der Waals surface area contributed by atoms with Crippen molar-refractivity contribution in [2.75, 3.05) is 13.1 Å². The number of aromatic hydroxyl groups is 1. The first-order valence-electron chi connectivity index (χ1n) is 5.73. The molecule has 0 heterocycles. The summed E-state index contributed by atoms with van der Waals surface area (Å²) in [6, 6.07) is 3.59. The summed E-state index contributed by atoms with van der Waals surface area (Å²) in [5, 5.41) is 9.10. The number of halogens is 1. The maximum absolute atomic E-state index is 13.5. The highest BCUT2D eigenvalue weighted by molar-refractivity contribution is 5.94. The quantitative estimate of drug-likeness (QED) is 0.877. The highest BCUT2D eigenvalue weighted by atomic mass is 19.1. The summed E-state index contributed by atoms with van der Waals surface area (Å²) < 4.78 is 13.5. The second-order valence-electron chi connectivity index (χ2n) is 4.40. The minimum atomic E-state index is -0.683. The number of benzene rings is 1. The molecule has 17 heavy (non-hydrogen) atoms. The van der Waals surface area contributed by atoms with Gasteiger partial charge in [-0.25, -0.2) is 4.39 Å². The Hall–Kier alpha value is -1.58. The Labute approximate surface area is 101 Å². The molecule has 0 atom stereocenters. The number of phenols is 1. The van der Waals surface area contributed by atoms with Crippen LogP contribution in [-0.4, -0.2) is 29.0 Å². The topological polar surface area (TPSA) is 40.5 Å². The summed E-state index contributed by atoms with van der Waals surface area (Å²) in [5.41, 5.74) is 0.00491. The van der Waals surface area contributed by atoms with Gasteiger partial charge >= 0.3 is 0 Å². The first-order chi connectivity index (χ1) is 7.95. The molecule has 0 radical (unpaired) electrons. The van der Waals surface area contributed by atoms with E-state index in [-0.39, 0.29) is 17.2 Å². The van der Waals surface area contributed by atoms with Crippen LogP contribution in [0.15, 0.2) is 18.2 Å². The van der Waals surface area contributed by atoms with E-state index in [0.29, 0.717) is 19.0 Å². The summed E-state index contributed by atoms with van der Waals surface area (Å²) >= 11 is 0. The van der Waals surface area contributed by atoms with Gasteiger partial charge in [0.05, 0.1) is 5.56 Å². The molecule has 1 aromatic carbocycles. The second kappa shape index (κ2) is 5.66. The van der Waals surface area contributed by atoms with Crippen molar-refractivity contribution in [2.45, 2.75) is 20.8 Å². The van der Waals surface area contributed by atoms with Crippen LogP contribution in [0.25, 0.3) is 0 Å². The smallest absolute Gasteiger partial charge is 0.256 e. The third kappa shape index (κ3) is 3.44. The molecule has 0 fully saturated rings. The fraction of sp³-hybridized carbons (Fsp3) is 0.462. The molecule has 1 aromatic rings. The number of hydrogen-bond donors (Lipinski definition) is 1. The molecule has 0 spiro atoms. The molecule has 0 aliphatic carbocycles. The Bertz CT molecular complexity index is 404. The van der Waals surface area contributed by atoms with Crippen molar-refractivity contribution in [3.63, 3.8) is 0 Å². The Morgan fingerprint density at radius 3 is 2.59 bits per heavy atom. The summed E-state index contributed by atoms with van der Waals surface area (Å²) in [7, 11) is 0.